The molecule has 0 aliphatic carbocycles. The molecule has 0 unspecified atom stereocenters. The highest BCUT2D eigenvalue weighted by Crippen LogP contribution is 2.06. The maximum atomic E-state index is 8.26. The Morgan fingerprint density at radius 1 is 1.50 bits per heavy atom. The van der Waals surface area contributed by atoms with Crippen molar-refractivity contribution in [1.82, 2.24) is 10.2 Å². The molecule has 0 bridgehead atoms. The molecule has 0 radical (unpaired) electrons. The minimum atomic E-state index is 0.268. The molecule has 0 saturated carbocycles. The molecule has 0 spiro atoms. The number of aromatic amines is 1. The molecule has 0 amide bonds. The molecular weight excluding hydrogens is 150 g/mol. The Hall–Kier alpha value is -1.74. The highest BCUT2D eigenvalue weighted by molar-refractivity contribution is 5.40. The van der Waals surface area contributed by atoms with Gasteiger partial charge >= 0.3 is 0 Å². The zero-order valence-corrected chi connectivity index (χ0v) is 7.10. The predicted octanol–water partition coefficient (Wildman–Crippen LogP) is 1.29. The summed E-state index contributed by atoms with van der Waals surface area (Å²) in [4.78, 5) is 0. The van der Waals surface area contributed by atoms with Gasteiger partial charge < -0.3 is 0 Å². The Labute approximate surface area is 71.4 Å². The van der Waals surface area contributed by atoms with Gasteiger partial charge in [0.15, 0.2) is 0 Å². The topological polar surface area (TPSA) is 52.5 Å². The molecule has 0 aliphatic heterocycles. The number of nitriles is 1. The molecular formula is C9H9N3. The van der Waals surface area contributed by atoms with Crippen molar-refractivity contribution in [2.24, 2.45) is 0 Å². The van der Waals surface area contributed by atoms with Gasteiger partial charge in [-0.1, -0.05) is 11.8 Å². The van der Waals surface area contributed by atoms with E-state index in [0.717, 1.165) is 17.0 Å². The van der Waals surface area contributed by atoms with Crippen LogP contribution in [-0.2, 0) is 0 Å². The van der Waals surface area contributed by atoms with Crippen molar-refractivity contribution in [1.29, 1.82) is 5.26 Å². The second kappa shape index (κ2) is 3.59. The van der Waals surface area contributed by atoms with Gasteiger partial charge in [0.2, 0.25) is 0 Å². The summed E-state index contributed by atoms with van der Waals surface area (Å²) >= 11 is 0. The number of hydrogen-bond acceptors (Lipinski definition) is 2. The fourth-order valence-corrected chi connectivity index (χ4v) is 0.907. The van der Waals surface area contributed by atoms with Crippen molar-refractivity contribution < 1.29 is 0 Å². The maximum Gasteiger partial charge on any atom is 0.0966 e. The highest BCUT2D eigenvalue weighted by Gasteiger charge is 2.00. The van der Waals surface area contributed by atoms with E-state index in [1.54, 1.807) is 0 Å². The van der Waals surface area contributed by atoms with E-state index in [9.17, 15) is 0 Å². The van der Waals surface area contributed by atoms with E-state index in [2.05, 4.69) is 22.0 Å². The summed E-state index contributed by atoms with van der Waals surface area (Å²) in [6.45, 7) is 3.80. The third-order valence-corrected chi connectivity index (χ3v) is 1.51. The molecule has 0 saturated heterocycles. The monoisotopic (exact) mass is 159 g/mol. The summed E-state index contributed by atoms with van der Waals surface area (Å²) in [6.07, 6.45) is 0.268. The second-order valence-electron chi connectivity index (χ2n) is 2.45. The van der Waals surface area contributed by atoms with Crippen LogP contribution in [0.1, 0.15) is 23.4 Å². The lowest BCUT2D eigenvalue weighted by Gasteiger charge is -1.85. The number of hydrogen-bond donors (Lipinski definition) is 1. The number of aromatic nitrogens is 2. The van der Waals surface area contributed by atoms with Gasteiger partial charge in [-0.15, -0.1) is 0 Å². The van der Waals surface area contributed by atoms with Gasteiger partial charge in [-0.3, -0.25) is 5.10 Å². The third kappa shape index (κ3) is 1.65. The van der Waals surface area contributed by atoms with Gasteiger partial charge in [0, 0.05) is 5.69 Å². The summed E-state index contributed by atoms with van der Waals surface area (Å²) in [7, 11) is 0. The molecule has 3 nitrogen and oxygen atoms in total. The Morgan fingerprint density at radius 3 is 2.75 bits per heavy atom. The fourth-order valence-electron chi connectivity index (χ4n) is 0.907. The lowest BCUT2D eigenvalue weighted by molar-refractivity contribution is 1.02. The number of aryl methyl sites for hydroxylation is 2. The van der Waals surface area contributed by atoms with Crippen molar-refractivity contribution in [3.05, 3.63) is 17.0 Å². The number of H-pyrrole nitrogens is 1. The predicted molar refractivity (Wildman–Crippen MR) is 45.2 cm³/mol. The van der Waals surface area contributed by atoms with Gasteiger partial charge in [-0.05, 0) is 13.8 Å². The minimum Gasteiger partial charge on any atom is -0.281 e. The van der Waals surface area contributed by atoms with Gasteiger partial charge in [0.05, 0.1) is 23.7 Å². The van der Waals surface area contributed by atoms with Crippen molar-refractivity contribution in [3.8, 4) is 17.9 Å². The van der Waals surface area contributed by atoms with E-state index >= 15 is 0 Å². The lowest BCUT2D eigenvalue weighted by atomic mass is 10.2. The zero-order chi connectivity index (χ0) is 8.97. The van der Waals surface area contributed by atoms with Gasteiger partial charge in [-0.2, -0.15) is 10.4 Å². The number of rotatable bonds is 0. The number of nitrogens with zero attached hydrogens (tertiary/aromatic N) is 2. The normalized spacial score (nSPS) is 8.42. The first-order chi connectivity index (χ1) is 5.75. The maximum absolute atomic E-state index is 8.26. The molecule has 1 N–H and O–H groups in total. The van der Waals surface area contributed by atoms with E-state index < -0.39 is 0 Å². The van der Waals surface area contributed by atoms with Gasteiger partial charge in [0.25, 0.3) is 0 Å². The van der Waals surface area contributed by atoms with E-state index in [4.69, 9.17) is 5.26 Å². The fraction of sp³-hybridized carbons (Fsp3) is 0.333. The molecule has 0 atom stereocenters. The Morgan fingerprint density at radius 2 is 2.25 bits per heavy atom. The molecule has 3 heteroatoms. The molecule has 12 heavy (non-hydrogen) atoms. The van der Waals surface area contributed by atoms with Crippen molar-refractivity contribution in [2.75, 3.05) is 0 Å². The van der Waals surface area contributed by atoms with Crippen LogP contribution >= 0.6 is 0 Å². The molecule has 0 fully saturated rings. The highest BCUT2D eigenvalue weighted by atomic mass is 15.1. The van der Waals surface area contributed by atoms with Crippen molar-refractivity contribution >= 4 is 0 Å². The average molecular weight is 159 g/mol. The largest absolute Gasteiger partial charge is 0.281 e. The van der Waals surface area contributed by atoms with Crippen molar-refractivity contribution in [3.63, 3.8) is 0 Å². The van der Waals surface area contributed by atoms with Crippen LogP contribution in [0.25, 0.3) is 0 Å². The summed E-state index contributed by atoms with van der Waals surface area (Å²) in [5, 5.41) is 15.1. The van der Waals surface area contributed by atoms with Crippen LogP contribution in [0, 0.1) is 37.0 Å². The average Bonchev–Trinajstić information content (AvgIpc) is 2.35. The second-order valence-corrected chi connectivity index (χ2v) is 2.45. The van der Waals surface area contributed by atoms with Crippen LogP contribution in [0.15, 0.2) is 0 Å². The quantitative estimate of drug-likeness (QED) is 0.580. The van der Waals surface area contributed by atoms with E-state index in [1.807, 2.05) is 19.9 Å². The standard InChI is InChI=1S/C9H9N3/c1-7-9(5-3-4-6-10)8(2)12-11-7/h4H2,1-2H3,(H,11,12). The molecule has 0 aromatic carbocycles. The Kier molecular flexibility index (Phi) is 2.50. The molecule has 60 valence electrons. The first-order valence-electron chi connectivity index (χ1n) is 3.63. The Balaban J connectivity index is 2.91. The SMILES string of the molecule is Cc1n[nH]c(C)c1C#CCC#N. The summed E-state index contributed by atoms with van der Waals surface area (Å²) in [5.41, 5.74) is 2.75. The summed E-state index contributed by atoms with van der Waals surface area (Å²) < 4.78 is 0. The van der Waals surface area contributed by atoms with E-state index in [-0.39, 0.29) is 6.42 Å². The number of nitrogens with one attached hydrogen (secondary N) is 1. The summed E-state index contributed by atoms with van der Waals surface area (Å²) in [6, 6.07) is 1.96. The third-order valence-electron chi connectivity index (χ3n) is 1.51. The lowest BCUT2D eigenvalue weighted by Crippen LogP contribution is -1.78. The van der Waals surface area contributed by atoms with Crippen LogP contribution in [-0.4, -0.2) is 10.2 Å². The molecule has 1 aromatic rings. The van der Waals surface area contributed by atoms with Gasteiger partial charge in [0.1, 0.15) is 0 Å². The zero-order valence-electron chi connectivity index (χ0n) is 7.10. The first kappa shape index (κ1) is 8.36. The van der Waals surface area contributed by atoms with Crippen LogP contribution in [0.2, 0.25) is 0 Å². The van der Waals surface area contributed by atoms with Crippen molar-refractivity contribution in [2.45, 2.75) is 20.3 Å². The smallest absolute Gasteiger partial charge is 0.0966 e. The van der Waals surface area contributed by atoms with E-state index in [0.29, 0.717) is 0 Å². The Bertz CT molecular complexity index is 351. The molecule has 1 rings (SSSR count). The first-order valence-corrected chi connectivity index (χ1v) is 3.63. The van der Waals surface area contributed by atoms with Gasteiger partial charge in [-0.25, -0.2) is 0 Å². The molecule has 0 aliphatic rings. The molecule has 1 aromatic heterocycles. The van der Waals surface area contributed by atoms with Crippen LogP contribution in [0.3, 0.4) is 0 Å². The molecule has 1 heterocycles. The van der Waals surface area contributed by atoms with Crippen LogP contribution < -0.4 is 0 Å². The van der Waals surface area contributed by atoms with E-state index in [1.165, 1.54) is 0 Å². The minimum absolute atomic E-state index is 0.268. The van der Waals surface area contributed by atoms with Crippen LogP contribution in [0.4, 0.5) is 0 Å². The summed E-state index contributed by atoms with van der Waals surface area (Å²) in [5.74, 6) is 5.64. The van der Waals surface area contributed by atoms with Crippen LogP contribution in [0.5, 0.6) is 0 Å².